The van der Waals surface area contributed by atoms with Gasteiger partial charge in [0, 0.05) is 0 Å². The lowest BCUT2D eigenvalue weighted by molar-refractivity contribution is 0.0819. The second-order valence-electron chi connectivity index (χ2n) is 3.02. The molecule has 1 N–H and O–H groups in total. The van der Waals surface area contributed by atoms with Gasteiger partial charge < -0.3 is 4.74 Å². The van der Waals surface area contributed by atoms with Crippen molar-refractivity contribution < 1.29 is 13.5 Å². The molecule has 0 unspecified atom stereocenters. The quantitative estimate of drug-likeness (QED) is 0.641. The van der Waals surface area contributed by atoms with Crippen molar-refractivity contribution in [2.75, 3.05) is 12.0 Å². The van der Waals surface area contributed by atoms with E-state index >= 15 is 0 Å². The normalized spacial score (nSPS) is 9.17. The average molecular weight is 250 g/mol. The van der Waals surface area contributed by atoms with Gasteiger partial charge in [-0.15, -0.1) is 0 Å². The minimum absolute atomic E-state index is 0.297. The number of alkyl halides is 2. The number of hydrazone groups is 1. The number of benzene rings is 1. The van der Waals surface area contributed by atoms with E-state index in [9.17, 15) is 8.78 Å². The third-order valence-corrected chi connectivity index (χ3v) is 1.74. The molecule has 0 atom stereocenters. The Hall–Kier alpha value is -2.67. The van der Waals surface area contributed by atoms with Crippen molar-refractivity contribution in [3.05, 3.63) is 24.3 Å². The molecule has 0 saturated heterocycles. The topological polar surface area (TPSA) is 81.2 Å². The maximum absolute atomic E-state index is 11.9. The molecular formula is C11H8F2N4O. The fourth-order valence-corrected chi connectivity index (χ4v) is 0.980. The number of anilines is 1. The third kappa shape index (κ3) is 4.45. The van der Waals surface area contributed by atoms with Crippen LogP contribution in [0.1, 0.15) is 0 Å². The van der Waals surface area contributed by atoms with Gasteiger partial charge in [-0.25, -0.2) is 8.78 Å². The Morgan fingerprint density at radius 3 is 2.39 bits per heavy atom. The van der Waals surface area contributed by atoms with Crippen LogP contribution in [0.15, 0.2) is 29.4 Å². The molecule has 1 aromatic rings. The molecule has 92 valence electrons. The van der Waals surface area contributed by atoms with E-state index in [0.29, 0.717) is 11.4 Å². The van der Waals surface area contributed by atoms with Crippen molar-refractivity contribution in [3.8, 4) is 17.9 Å². The Morgan fingerprint density at radius 2 is 1.89 bits per heavy atom. The molecule has 0 heterocycles. The number of nitriles is 2. The Balaban J connectivity index is 2.59. The van der Waals surface area contributed by atoms with Gasteiger partial charge in [-0.1, -0.05) is 0 Å². The Bertz CT molecular complexity index is 483. The Morgan fingerprint density at radius 1 is 1.28 bits per heavy atom. The third-order valence-electron chi connectivity index (χ3n) is 1.74. The number of hydrogen-bond donors (Lipinski definition) is 1. The van der Waals surface area contributed by atoms with Crippen molar-refractivity contribution >= 4 is 11.4 Å². The summed E-state index contributed by atoms with van der Waals surface area (Å²) in [7, 11) is 0. The molecule has 0 aromatic heterocycles. The average Bonchev–Trinajstić information content (AvgIpc) is 2.39. The molecular weight excluding hydrogens is 242 g/mol. The molecule has 1 aromatic carbocycles. The van der Waals surface area contributed by atoms with Crippen LogP contribution in [-0.4, -0.2) is 18.7 Å². The first-order valence-electron chi connectivity index (χ1n) is 4.80. The highest BCUT2D eigenvalue weighted by Crippen LogP contribution is 2.16. The van der Waals surface area contributed by atoms with E-state index in [1.165, 1.54) is 24.3 Å². The first kappa shape index (κ1) is 13.4. The number of nitrogens with zero attached hydrogens (tertiary/aromatic N) is 3. The molecule has 5 nitrogen and oxygen atoms in total. The van der Waals surface area contributed by atoms with Gasteiger partial charge in [-0.2, -0.15) is 15.6 Å². The number of rotatable bonds is 5. The van der Waals surface area contributed by atoms with Gasteiger partial charge in [0.05, 0.1) is 5.69 Å². The van der Waals surface area contributed by atoms with Crippen LogP contribution in [0.3, 0.4) is 0 Å². The summed E-state index contributed by atoms with van der Waals surface area (Å²) in [6.45, 7) is -0.669. The summed E-state index contributed by atoms with van der Waals surface area (Å²) in [6, 6.07) is 9.16. The highest BCUT2D eigenvalue weighted by molar-refractivity contribution is 6.10. The van der Waals surface area contributed by atoms with Crippen LogP contribution in [0.5, 0.6) is 5.75 Å². The highest BCUT2D eigenvalue weighted by atomic mass is 19.3. The standard InChI is InChI=1S/C11H8F2N4O/c12-11(13)7-18-10-3-1-8(2-4-10)16-17-9(5-14)6-15/h1-4,11,16H,7H2. The first-order chi connectivity index (χ1) is 8.65. The van der Waals surface area contributed by atoms with Crippen molar-refractivity contribution in [2.24, 2.45) is 5.10 Å². The van der Waals surface area contributed by atoms with E-state index in [-0.39, 0.29) is 5.71 Å². The summed E-state index contributed by atoms with van der Waals surface area (Å²) >= 11 is 0. The smallest absolute Gasteiger partial charge is 0.272 e. The molecule has 1 rings (SSSR count). The molecule has 0 bridgehead atoms. The fourth-order valence-electron chi connectivity index (χ4n) is 0.980. The molecule has 7 heteroatoms. The zero-order valence-corrected chi connectivity index (χ0v) is 9.10. The minimum Gasteiger partial charge on any atom is -0.488 e. The lowest BCUT2D eigenvalue weighted by Crippen LogP contribution is -2.06. The molecule has 18 heavy (non-hydrogen) atoms. The molecule has 0 aliphatic carbocycles. The lowest BCUT2D eigenvalue weighted by atomic mass is 10.3. The van der Waals surface area contributed by atoms with E-state index in [2.05, 4.69) is 10.5 Å². The second kappa shape index (κ2) is 6.81. The Labute approximate surface area is 102 Å². The molecule has 0 aliphatic heterocycles. The van der Waals surface area contributed by atoms with E-state index in [4.69, 9.17) is 15.3 Å². The van der Waals surface area contributed by atoms with Gasteiger partial charge in [0.25, 0.3) is 6.43 Å². The van der Waals surface area contributed by atoms with Gasteiger partial charge in [-0.3, -0.25) is 5.43 Å². The summed E-state index contributed by atoms with van der Waals surface area (Å²) in [5, 5.41) is 20.4. The summed E-state index contributed by atoms with van der Waals surface area (Å²) < 4.78 is 28.5. The first-order valence-corrected chi connectivity index (χ1v) is 4.80. The van der Waals surface area contributed by atoms with E-state index < -0.39 is 13.0 Å². The molecule has 0 amide bonds. The fraction of sp³-hybridized carbons (Fsp3) is 0.182. The maximum Gasteiger partial charge on any atom is 0.272 e. The molecule has 0 aliphatic rings. The van der Waals surface area contributed by atoms with Crippen LogP contribution in [0.2, 0.25) is 0 Å². The zero-order valence-electron chi connectivity index (χ0n) is 9.10. The SMILES string of the molecule is N#CC(C#N)=NNc1ccc(OCC(F)F)cc1. The molecule has 0 fully saturated rings. The largest absolute Gasteiger partial charge is 0.488 e. The van der Waals surface area contributed by atoms with Crippen molar-refractivity contribution in [1.82, 2.24) is 0 Å². The number of hydrogen-bond acceptors (Lipinski definition) is 5. The summed E-state index contributed by atoms with van der Waals surface area (Å²) in [5.41, 5.74) is 2.67. The van der Waals surface area contributed by atoms with Gasteiger partial charge in [0.2, 0.25) is 5.71 Å². The van der Waals surface area contributed by atoms with Gasteiger partial charge in [0.1, 0.15) is 24.5 Å². The van der Waals surface area contributed by atoms with Crippen molar-refractivity contribution in [2.45, 2.75) is 6.43 Å². The summed E-state index contributed by atoms with van der Waals surface area (Å²) in [5.74, 6) is 0.297. The highest BCUT2D eigenvalue weighted by Gasteiger charge is 2.03. The van der Waals surface area contributed by atoms with E-state index in [0.717, 1.165) is 0 Å². The van der Waals surface area contributed by atoms with Gasteiger partial charge in [-0.05, 0) is 24.3 Å². The number of ether oxygens (including phenoxy) is 1. The van der Waals surface area contributed by atoms with Gasteiger partial charge in [0.15, 0.2) is 0 Å². The summed E-state index contributed by atoms with van der Waals surface area (Å²) in [6.07, 6.45) is -2.53. The number of halogens is 2. The molecule has 0 spiro atoms. The van der Waals surface area contributed by atoms with Crippen LogP contribution in [0.4, 0.5) is 14.5 Å². The van der Waals surface area contributed by atoms with Crippen LogP contribution in [0.25, 0.3) is 0 Å². The van der Waals surface area contributed by atoms with Crippen LogP contribution in [0, 0.1) is 22.7 Å². The lowest BCUT2D eigenvalue weighted by Gasteiger charge is -2.06. The Kier molecular flexibility index (Phi) is 5.07. The van der Waals surface area contributed by atoms with E-state index in [1.54, 1.807) is 12.1 Å². The predicted octanol–water partition coefficient (Wildman–Crippen LogP) is 2.15. The maximum atomic E-state index is 11.9. The molecule has 0 radical (unpaired) electrons. The van der Waals surface area contributed by atoms with E-state index in [1.807, 2.05) is 0 Å². The van der Waals surface area contributed by atoms with Crippen molar-refractivity contribution in [3.63, 3.8) is 0 Å². The zero-order chi connectivity index (χ0) is 13.4. The summed E-state index contributed by atoms with van der Waals surface area (Å²) in [4.78, 5) is 0. The monoisotopic (exact) mass is 250 g/mol. The predicted molar refractivity (Wildman–Crippen MR) is 60.2 cm³/mol. The van der Waals surface area contributed by atoms with Gasteiger partial charge >= 0.3 is 0 Å². The van der Waals surface area contributed by atoms with Crippen LogP contribution in [-0.2, 0) is 0 Å². The number of nitrogens with one attached hydrogen (secondary N) is 1. The molecule has 0 saturated carbocycles. The van der Waals surface area contributed by atoms with Crippen molar-refractivity contribution in [1.29, 1.82) is 10.5 Å². The van der Waals surface area contributed by atoms with Crippen LogP contribution < -0.4 is 10.2 Å². The minimum atomic E-state index is -2.53. The second-order valence-corrected chi connectivity index (χ2v) is 3.02. The van der Waals surface area contributed by atoms with Crippen LogP contribution >= 0.6 is 0 Å².